The number of likely N-dealkylation sites (tertiary alicyclic amines) is 1. The number of piperidine rings is 1. The summed E-state index contributed by atoms with van der Waals surface area (Å²) in [5.74, 6) is 0.539. The number of nitrogens with one attached hydrogen (secondary N) is 2. The number of amides is 2. The van der Waals surface area contributed by atoms with Crippen LogP contribution >= 0.6 is 0 Å². The van der Waals surface area contributed by atoms with E-state index in [1.165, 1.54) is 12.1 Å². The summed E-state index contributed by atoms with van der Waals surface area (Å²) >= 11 is 0. The van der Waals surface area contributed by atoms with Gasteiger partial charge >= 0.3 is 6.03 Å². The van der Waals surface area contributed by atoms with Gasteiger partial charge in [0.15, 0.2) is 5.82 Å². The standard InChI is InChI=1S/C18H25FN6O/c1-2-25-13-21-23-17(25)11-20-18(26)22-16-7-9-24(10-8-16)12-14-3-5-15(19)6-4-14/h3-6,13,16H,2,7-12H2,1H3,(H2,20,22,26). The predicted molar refractivity (Wildman–Crippen MR) is 95.8 cm³/mol. The van der Waals surface area contributed by atoms with Crippen LogP contribution in [0.2, 0.25) is 0 Å². The first-order valence-corrected chi connectivity index (χ1v) is 9.02. The second-order valence-corrected chi connectivity index (χ2v) is 6.54. The van der Waals surface area contributed by atoms with E-state index in [2.05, 4.69) is 25.7 Å². The van der Waals surface area contributed by atoms with E-state index < -0.39 is 0 Å². The molecule has 1 saturated heterocycles. The second kappa shape index (κ2) is 8.75. The van der Waals surface area contributed by atoms with Gasteiger partial charge in [-0.05, 0) is 37.5 Å². The maximum absolute atomic E-state index is 13.0. The molecule has 0 saturated carbocycles. The van der Waals surface area contributed by atoms with Gasteiger partial charge in [0, 0.05) is 32.2 Å². The molecule has 0 spiro atoms. The third-order valence-electron chi connectivity index (χ3n) is 4.69. The second-order valence-electron chi connectivity index (χ2n) is 6.54. The van der Waals surface area contributed by atoms with Crippen LogP contribution in [0.3, 0.4) is 0 Å². The van der Waals surface area contributed by atoms with Crippen molar-refractivity contribution >= 4 is 6.03 Å². The molecule has 1 aliphatic heterocycles. The Balaban J connectivity index is 1.38. The van der Waals surface area contributed by atoms with Crippen molar-refractivity contribution in [2.45, 2.75) is 45.4 Å². The molecule has 140 valence electrons. The molecule has 2 amide bonds. The van der Waals surface area contributed by atoms with Gasteiger partial charge in [0.25, 0.3) is 0 Å². The normalized spacial score (nSPS) is 15.8. The van der Waals surface area contributed by atoms with Crippen molar-refractivity contribution in [3.8, 4) is 0 Å². The van der Waals surface area contributed by atoms with Gasteiger partial charge in [0.2, 0.25) is 0 Å². The molecule has 2 aromatic rings. The van der Waals surface area contributed by atoms with Gasteiger partial charge in [-0.3, -0.25) is 4.90 Å². The minimum absolute atomic E-state index is 0.170. The molecule has 1 aromatic heterocycles. The van der Waals surface area contributed by atoms with Crippen molar-refractivity contribution in [1.29, 1.82) is 0 Å². The number of halogens is 1. The molecule has 26 heavy (non-hydrogen) atoms. The maximum Gasteiger partial charge on any atom is 0.315 e. The molecule has 1 aromatic carbocycles. The minimum Gasteiger partial charge on any atom is -0.335 e. The summed E-state index contributed by atoms with van der Waals surface area (Å²) in [6.07, 6.45) is 3.46. The molecule has 0 bridgehead atoms. The summed E-state index contributed by atoms with van der Waals surface area (Å²) in [7, 11) is 0. The molecule has 0 unspecified atom stereocenters. The molecule has 1 fully saturated rings. The van der Waals surface area contributed by atoms with Crippen LogP contribution in [0.25, 0.3) is 0 Å². The van der Waals surface area contributed by atoms with Crippen molar-refractivity contribution in [2.24, 2.45) is 0 Å². The van der Waals surface area contributed by atoms with Gasteiger partial charge in [-0.2, -0.15) is 0 Å². The van der Waals surface area contributed by atoms with Crippen LogP contribution in [-0.2, 0) is 19.6 Å². The molecule has 2 N–H and O–H groups in total. The largest absolute Gasteiger partial charge is 0.335 e. The van der Waals surface area contributed by atoms with Crippen LogP contribution in [-0.4, -0.2) is 44.8 Å². The Morgan fingerprint density at radius 1 is 1.27 bits per heavy atom. The van der Waals surface area contributed by atoms with Crippen LogP contribution < -0.4 is 10.6 Å². The molecular formula is C18H25FN6O. The van der Waals surface area contributed by atoms with Gasteiger partial charge < -0.3 is 15.2 Å². The lowest BCUT2D eigenvalue weighted by Gasteiger charge is -2.32. The number of benzene rings is 1. The average molecular weight is 360 g/mol. The number of carbonyl (C=O) groups is 1. The predicted octanol–water partition coefficient (Wildman–Crippen LogP) is 1.90. The smallest absolute Gasteiger partial charge is 0.315 e. The summed E-state index contributed by atoms with van der Waals surface area (Å²) in [5.41, 5.74) is 1.11. The van der Waals surface area contributed by atoms with E-state index in [0.29, 0.717) is 6.54 Å². The van der Waals surface area contributed by atoms with E-state index in [9.17, 15) is 9.18 Å². The van der Waals surface area contributed by atoms with E-state index in [-0.39, 0.29) is 17.9 Å². The van der Waals surface area contributed by atoms with Gasteiger partial charge in [-0.25, -0.2) is 9.18 Å². The molecule has 1 aliphatic rings. The zero-order valence-corrected chi connectivity index (χ0v) is 15.0. The monoisotopic (exact) mass is 360 g/mol. The average Bonchev–Trinajstić information content (AvgIpc) is 3.11. The van der Waals surface area contributed by atoms with E-state index in [0.717, 1.165) is 50.4 Å². The highest BCUT2D eigenvalue weighted by atomic mass is 19.1. The van der Waals surface area contributed by atoms with Crippen molar-refractivity contribution < 1.29 is 9.18 Å². The fourth-order valence-electron chi connectivity index (χ4n) is 3.16. The topological polar surface area (TPSA) is 75.1 Å². The first-order valence-electron chi connectivity index (χ1n) is 9.02. The summed E-state index contributed by atoms with van der Waals surface area (Å²) in [6.45, 7) is 5.78. The Morgan fingerprint density at radius 3 is 2.69 bits per heavy atom. The molecular weight excluding hydrogens is 335 g/mol. The zero-order valence-electron chi connectivity index (χ0n) is 15.0. The molecule has 0 aliphatic carbocycles. The third kappa shape index (κ3) is 5.01. The van der Waals surface area contributed by atoms with Gasteiger partial charge in [-0.1, -0.05) is 12.1 Å². The summed E-state index contributed by atoms with van der Waals surface area (Å²) in [6, 6.07) is 6.63. The number of aromatic nitrogens is 3. The van der Waals surface area contributed by atoms with Crippen LogP contribution in [0.15, 0.2) is 30.6 Å². The molecule has 2 heterocycles. The van der Waals surface area contributed by atoms with Crippen molar-refractivity contribution in [1.82, 2.24) is 30.3 Å². The van der Waals surface area contributed by atoms with Crippen molar-refractivity contribution in [2.75, 3.05) is 13.1 Å². The van der Waals surface area contributed by atoms with E-state index in [1.807, 2.05) is 23.6 Å². The fraction of sp³-hybridized carbons (Fsp3) is 0.500. The minimum atomic E-state index is -0.208. The van der Waals surface area contributed by atoms with Gasteiger partial charge in [0.05, 0.1) is 6.54 Å². The quantitative estimate of drug-likeness (QED) is 0.825. The van der Waals surface area contributed by atoms with Crippen LogP contribution in [0.1, 0.15) is 31.2 Å². The SMILES string of the molecule is CCn1cnnc1CNC(=O)NC1CCN(Cc2ccc(F)cc2)CC1. The number of aryl methyl sites for hydroxylation is 1. The number of rotatable bonds is 6. The highest BCUT2D eigenvalue weighted by Gasteiger charge is 2.20. The third-order valence-corrected chi connectivity index (χ3v) is 4.69. The first-order chi connectivity index (χ1) is 12.6. The number of nitrogens with zero attached hydrogens (tertiary/aromatic N) is 4. The lowest BCUT2D eigenvalue weighted by molar-refractivity contribution is 0.186. The van der Waals surface area contributed by atoms with Crippen molar-refractivity contribution in [3.05, 3.63) is 47.8 Å². The Bertz CT molecular complexity index is 709. The van der Waals surface area contributed by atoms with Gasteiger partial charge in [0.1, 0.15) is 12.1 Å². The van der Waals surface area contributed by atoms with Crippen LogP contribution in [0.4, 0.5) is 9.18 Å². The number of carbonyl (C=O) groups excluding carboxylic acids is 1. The first kappa shape index (κ1) is 18.3. The molecule has 3 rings (SSSR count). The van der Waals surface area contributed by atoms with Crippen LogP contribution in [0, 0.1) is 5.82 Å². The summed E-state index contributed by atoms with van der Waals surface area (Å²) < 4.78 is 14.9. The number of hydrogen-bond donors (Lipinski definition) is 2. The Kier molecular flexibility index (Phi) is 6.17. The van der Waals surface area contributed by atoms with Crippen LogP contribution in [0.5, 0.6) is 0 Å². The van der Waals surface area contributed by atoms with E-state index in [4.69, 9.17) is 0 Å². The lowest BCUT2D eigenvalue weighted by atomic mass is 10.0. The lowest BCUT2D eigenvalue weighted by Crippen LogP contribution is -2.47. The number of urea groups is 1. The Labute approximate surface area is 152 Å². The summed E-state index contributed by atoms with van der Waals surface area (Å²) in [4.78, 5) is 14.4. The van der Waals surface area contributed by atoms with Gasteiger partial charge in [-0.15, -0.1) is 10.2 Å². The maximum atomic E-state index is 13.0. The van der Waals surface area contributed by atoms with Crippen molar-refractivity contribution in [3.63, 3.8) is 0 Å². The fourth-order valence-corrected chi connectivity index (χ4v) is 3.16. The Morgan fingerprint density at radius 2 is 2.00 bits per heavy atom. The zero-order chi connectivity index (χ0) is 18.4. The highest BCUT2D eigenvalue weighted by molar-refractivity contribution is 5.74. The number of hydrogen-bond acceptors (Lipinski definition) is 4. The Hall–Kier alpha value is -2.48. The molecule has 7 nitrogen and oxygen atoms in total. The molecule has 8 heteroatoms. The van der Waals surface area contributed by atoms with E-state index >= 15 is 0 Å². The van der Waals surface area contributed by atoms with E-state index in [1.54, 1.807) is 6.33 Å². The summed E-state index contributed by atoms with van der Waals surface area (Å²) in [5, 5.41) is 13.7. The molecule has 0 atom stereocenters. The highest BCUT2D eigenvalue weighted by Crippen LogP contribution is 2.14. The molecule has 0 radical (unpaired) electrons.